The first kappa shape index (κ1) is 10.5. The highest BCUT2D eigenvalue weighted by atomic mass is 16.5. The van der Waals surface area contributed by atoms with Gasteiger partial charge in [0.25, 0.3) is 0 Å². The maximum Gasteiger partial charge on any atom is 0.111 e. The van der Waals surface area contributed by atoms with E-state index in [0.29, 0.717) is 13.2 Å². The molecule has 0 saturated heterocycles. The predicted octanol–water partition coefficient (Wildman–Crippen LogP) is 0.773. The highest BCUT2D eigenvalue weighted by Gasteiger charge is 1.85. The quantitative estimate of drug-likeness (QED) is 0.439. The van der Waals surface area contributed by atoms with Gasteiger partial charge in [0.1, 0.15) is 6.61 Å². The highest BCUT2D eigenvalue weighted by molar-refractivity contribution is 4.64. The molecule has 0 rings (SSSR count). The van der Waals surface area contributed by atoms with Crippen molar-refractivity contribution in [3.63, 3.8) is 0 Å². The molecule has 0 aromatic rings. The summed E-state index contributed by atoms with van der Waals surface area (Å²) in [6.45, 7) is 4.85. The van der Waals surface area contributed by atoms with Crippen LogP contribution in [0.15, 0.2) is 12.3 Å². The molecule has 3 nitrogen and oxygen atoms in total. The fourth-order valence-electron chi connectivity index (χ4n) is 0.548. The first-order valence-electron chi connectivity index (χ1n) is 3.87. The lowest BCUT2D eigenvalue weighted by Gasteiger charge is -2.02. The molecular weight excluding hydrogens is 142 g/mol. The van der Waals surface area contributed by atoms with E-state index in [2.05, 4.69) is 5.32 Å². The van der Waals surface area contributed by atoms with E-state index in [1.807, 2.05) is 20.0 Å². The Morgan fingerprint density at radius 3 is 2.73 bits per heavy atom. The van der Waals surface area contributed by atoms with Crippen molar-refractivity contribution in [1.29, 1.82) is 0 Å². The first-order valence-corrected chi connectivity index (χ1v) is 3.87. The third-order valence-electron chi connectivity index (χ3n) is 1.07. The molecular formula is C8H17NO2. The summed E-state index contributed by atoms with van der Waals surface area (Å²) in [7, 11) is 1.90. The Balaban J connectivity index is 2.79. The van der Waals surface area contributed by atoms with E-state index in [9.17, 15) is 0 Å². The molecule has 0 radical (unpaired) electrons. The highest BCUT2D eigenvalue weighted by Crippen LogP contribution is 1.79. The summed E-state index contributed by atoms with van der Waals surface area (Å²) in [5.41, 5.74) is 0. The van der Waals surface area contributed by atoms with Crippen molar-refractivity contribution in [2.75, 3.05) is 33.4 Å². The molecule has 0 atom stereocenters. The number of ether oxygens (including phenoxy) is 2. The first-order chi connectivity index (χ1) is 5.41. The molecule has 0 aliphatic carbocycles. The minimum atomic E-state index is 0.633. The fourth-order valence-corrected chi connectivity index (χ4v) is 0.548. The van der Waals surface area contributed by atoms with Crippen LogP contribution in [0.5, 0.6) is 0 Å². The van der Waals surface area contributed by atoms with E-state index >= 15 is 0 Å². The average molecular weight is 159 g/mol. The zero-order valence-corrected chi connectivity index (χ0v) is 7.30. The Kier molecular flexibility index (Phi) is 9.00. The third-order valence-corrected chi connectivity index (χ3v) is 1.07. The molecule has 11 heavy (non-hydrogen) atoms. The van der Waals surface area contributed by atoms with E-state index in [1.54, 1.807) is 6.26 Å². The summed E-state index contributed by atoms with van der Waals surface area (Å²) >= 11 is 0. The molecule has 0 aliphatic heterocycles. The van der Waals surface area contributed by atoms with E-state index in [-0.39, 0.29) is 0 Å². The average Bonchev–Trinajstić information content (AvgIpc) is 2.03. The third kappa shape index (κ3) is 9.46. The van der Waals surface area contributed by atoms with Crippen molar-refractivity contribution in [2.45, 2.75) is 6.92 Å². The number of rotatable bonds is 7. The van der Waals surface area contributed by atoms with Crippen LogP contribution in [0.3, 0.4) is 0 Å². The van der Waals surface area contributed by atoms with Crippen LogP contribution in [-0.2, 0) is 9.47 Å². The van der Waals surface area contributed by atoms with Gasteiger partial charge >= 0.3 is 0 Å². The summed E-state index contributed by atoms with van der Waals surface area (Å²) in [4.78, 5) is 0. The van der Waals surface area contributed by atoms with Crippen molar-refractivity contribution in [2.24, 2.45) is 0 Å². The zero-order chi connectivity index (χ0) is 8.36. The Morgan fingerprint density at radius 1 is 1.27 bits per heavy atom. The van der Waals surface area contributed by atoms with Gasteiger partial charge in [-0.2, -0.15) is 0 Å². The van der Waals surface area contributed by atoms with Gasteiger partial charge in [-0.1, -0.05) is 6.08 Å². The fraction of sp³-hybridized carbons (Fsp3) is 0.750. The normalized spacial score (nSPS) is 10.7. The summed E-state index contributed by atoms with van der Waals surface area (Å²) in [5, 5.41) is 2.99. The summed E-state index contributed by atoms with van der Waals surface area (Å²) in [6, 6.07) is 0. The molecule has 0 saturated carbocycles. The van der Waals surface area contributed by atoms with Gasteiger partial charge in [0, 0.05) is 6.54 Å². The Labute approximate surface area is 68.4 Å². The standard InChI is InChI=1S/C8H17NO2/c1-3-5-10-7-8-11-6-4-9-2/h3,5,9H,4,6-8H2,1-2H3. The lowest BCUT2D eigenvalue weighted by molar-refractivity contribution is 0.0870. The molecule has 0 unspecified atom stereocenters. The van der Waals surface area contributed by atoms with Crippen molar-refractivity contribution < 1.29 is 9.47 Å². The van der Waals surface area contributed by atoms with Gasteiger partial charge in [0.15, 0.2) is 0 Å². The molecule has 0 bridgehead atoms. The summed E-state index contributed by atoms with van der Waals surface area (Å²) < 4.78 is 10.2. The maximum atomic E-state index is 5.20. The lowest BCUT2D eigenvalue weighted by atomic mass is 10.7. The number of nitrogens with one attached hydrogen (secondary N) is 1. The minimum absolute atomic E-state index is 0.633. The van der Waals surface area contributed by atoms with Crippen LogP contribution in [0.2, 0.25) is 0 Å². The molecule has 1 N–H and O–H groups in total. The second-order valence-electron chi connectivity index (χ2n) is 2.06. The molecule has 0 fully saturated rings. The summed E-state index contributed by atoms with van der Waals surface area (Å²) in [5.74, 6) is 0. The smallest absolute Gasteiger partial charge is 0.111 e. The van der Waals surface area contributed by atoms with Gasteiger partial charge in [0.05, 0.1) is 19.5 Å². The van der Waals surface area contributed by atoms with Crippen molar-refractivity contribution in [1.82, 2.24) is 5.32 Å². The van der Waals surface area contributed by atoms with E-state index in [0.717, 1.165) is 13.2 Å². The van der Waals surface area contributed by atoms with E-state index in [1.165, 1.54) is 0 Å². The molecule has 0 spiro atoms. The van der Waals surface area contributed by atoms with Crippen LogP contribution < -0.4 is 5.32 Å². The summed E-state index contributed by atoms with van der Waals surface area (Å²) in [6.07, 6.45) is 3.52. The Hall–Kier alpha value is -0.540. The molecule has 3 heteroatoms. The number of likely N-dealkylation sites (N-methyl/N-ethyl adjacent to an activating group) is 1. The molecule has 0 aliphatic rings. The molecule has 66 valence electrons. The molecule has 0 aromatic carbocycles. The van der Waals surface area contributed by atoms with Crippen molar-refractivity contribution >= 4 is 0 Å². The second-order valence-corrected chi connectivity index (χ2v) is 2.06. The number of hydrogen-bond acceptors (Lipinski definition) is 3. The monoisotopic (exact) mass is 159 g/mol. The van der Waals surface area contributed by atoms with Crippen LogP contribution in [-0.4, -0.2) is 33.4 Å². The van der Waals surface area contributed by atoms with Gasteiger partial charge < -0.3 is 14.8 Å². The van der Waals surface area contributed by atoms with Crippen LogP contribution in [0.1, 0.15) is 6.92 Å². The Morgan fingerprint density at radius 2 is 2.09 bits per heavy atom. The van der Waals surface area contributed by atoms with E-state index in [4.69, 9.17) is 9.47 Å². The van der Waals surface area contributed by atoms with Crippen LogP contribution in [0.4, 0.5) is 0 Å². The molecule has 0 amide bonds. The van der Waals surface area contributed by atoms with Gasteiger partial charge in [-0.25, -0.2) is 0 Å². The largest absolute Gasteiger partial charge is 0.499 e. The predicted molar refractivity (Wildman–Crippen MR) is 45.5 cm³/mol. The molecule has 0 heterocycles. The van der Waals surface area contributed by atoms with Crippen LogP contribution in [0, 0.1) is 0 Å². The number of hydrogen-bond donors (Lipinski definition) is 1. The van der Waals surface area contributed by atoms with Gasteiger partial charge in [-0.15, -0.1) is 0 Å². The topological polar surface area (TPSA) is 30.5 Å². The zero-order valence-electron chi connectivity index (χ0n) is 7.30. The van der Waals surface area contributed by atoms with Crippen LogP contribution in [0.25, 0.3) is 0 Å². The maximum absolute atomic E-state index is 5.20. The lowest BCUT2D eigenvalue weighted by Crippen LogP contribution is -2.15. The van der Waals surface area contributed by atoms with Crippen molar-refractivity contribution in [3.05, 3.63) is 12.3 Å². The SMILES string of the molecule is CC=COCCOCCNC. The Bertz CT molecular complexity index is 94.1. The van der Waals surface area contributed by atoms with Gasteiger partial charge in [-0.3, -0.25) is 0 Å². The molecule has 0 aromatic heterocycles. The number of allylic oxidation sites excluding steroid dienone is 1. The van der Waals surface area contributed by atoms with E-state index < -0.39 is 0 Å². The van der Waals surface area contributed by atoms with Gasteiger partial charge in [-0.05, 0) is 14.0 Å². The second kappa shape index (κ2) is 9.46. The van der Waals surface area contributed by atoms with Crippen molar-refractivity contribution in [3.8, 4) is 0 Å². The van der Waals surface area contributed by atoms with Crippen LogP contribution >= 0.6 is 0 Å². The van der Waals surface area contributed by atoms with Gasteiger partial charge in [0.2, 0.25) is 0 Å². The minimum Gasteiger partial charge on any atom is -0.499 e.